The van der Waals surface area contributed by atoms with Crippen molar-refractivity contribution in [3.05, 3.63) is 46.4 Å². The quantitative estimate of drug-likeness (QED) is 0.908. The molecule has 0 radical (unpaired) electrons. The topological polar surface area (TPSA) is 62.0 Å². The largest absolute Gasteiger partial charge is 0.350 e. The second kappa shape index (κ2) is 6.34. The summed E-state index contributed by atoms with van der Waals surface area (Å²) in [6.07, 6.45) is 3.47. The van der Waals surface area contributed by atoms with Crippen molar-refractivity contribution in [2.75, 3.05) is 0 Å². The first kappa shape index (κ1) is 16.3. The van der Waals surface area contributed by atoms with Crippen molar-refractivity contribution in [3.8, 4) is 0 Å². The Hall–Kier alpha value is -2.10. The minimum absolute atomic E-state index is 0.0948. The van der Waals surface area contributed by atoms with E-state index < -0.39 is 0 Å². The van der Waals surface area contributed by atoms with Crippen LogP contribution in [0.15, 0.2) is 35.3 Å². The van der Waals surface area contributed by atoms with E-state index in [1.54, 1.807) is 18.2 Å². The maximum Gasteiger partial charge on any atom is 0.255 e. The van der Waals surface area contributed by atoms with E-state index in [1.165, 1.54) is 6.20 Å². The van der Waals surface area contributed by atoms with E-state index in [9.17, 15) is 9.59 Å². The van der Waals surface area contributed by atoms with Gasteiger partial charge in [-0.2, -0.15) is 0 Å². The molecule has 2 N–H and O–H groups in total. The Labute approximate surface area is 130 Å². The van der Waals surface area contributed by atoms with Crippen LogP contribution in [0.1, 0.15) is 50.9 Å². The number of fused-ring (bicyclic) bond motifs is 1. The minimum atomic E-state index is -0.173. The highest BCUT2D eigenvalue weighted by atomic mass is 16.2. The van der Waals surface area contributed by atoms with Crippen LogP contribution < -0.4 is 10.9 Å². The van der Waals surface area contributed by atoms with Gasteiger partial charge in [0.05, 0.1) is 5.56 Å². The first-order valence-electron chi connectivity index (χ1n) is 7.69. The molecule has 0 spiro atoms. The number of nitrogens with one attached hydrogen (secondary N) is 2. The molecule has 1 amide bonds. The number of aromatic nitrogens is 1. The Morgan fingerprint density at radius 2 is 1.86 bits per heavy atom. The van der Waals surface area contributed by atoms with Crippen molar-refractivity contribution in [1.29, 1.82) is 0 Å². The molecule has 0 unspecified atom stereocenters. The van der Waals surface area contributed by atoms with Crippen LogP contribution in [-0.2, 0) is 0 Å². The van der Waals surface area contributed by atoms with Gasteiger partial charge in [-0.05, 0) is 31.2 Å². The molecule has 1 aromatic heterocycles. The Morgan fingerprint density at radius 3 is 2.50 bits per heavy atom. The second-order valence-corrected chi connectivity index (χ2v) is 7.05. The first-order chi connectivity index (χ1) is 10.3. The lowest BCUT2D eigenvalue weighted by Gasteiger charge is -2.21. The molecular formula is C18H24N2O2. The van der Waals surface area contributed by atoms with Gasteiger partial charge in [-0.15, -0.1) is 0 Å². The van der Waals surface area contributed by atoms with E-state index in [0.29, 0.717) is 16.3 Å². The number of rotatable bonds is 4. The lowest BCUT2D eigenvalue weighted by molar-refractivity contribution is 0.0937. The molecule has 0 aliphatic heterocycles. The summed E-state index contributed by atoms with van der Waals surface area (Å²) in [6.45, 7) is 8.59. The molecule has 1 heterocycles. The third-order valence-corrected chi connectivity index (χ3v) is 3.76. The molecule has 0 saturated carbocycles. The Morgan fingerprint density at radius 1 is 1.23 bits per heavy atom. The molecule has 1 atom stereocenters. The minimum Gasteiger partial charge on any atom is -0.350 e. The Kier molecular flexibility index (Phi) is 4.69. The molecule has 0 aliphatic rings. The fourth-order valence-corrected chi connectivity index (χ4v) is 2.42. The average Bonchev–Trinajstić information content (AvgIpc) is 2.45. The highest BCUT2D eigenvalue weighted by molar-refractivity contribution is 6.06. The van der Waals surface area contributed by atoms with Gasteiger partial charge in [0.1, 0.15) is 0 Å². The Bertz CT molecular complexity index is 726. The molecule has 4 nitrogen and oxygen atoms in total. The number of benzene rings is 1. The monoisotopic (exact) mass is 300 g/mol. The van der Waals surface area contributed by atoms with Crippen molar-refractivity contribution in [1.82, 2.24) is 10.3 Å². The van der Waals surface area contributed by atoms with E-state index in [-0.39, 0.29) is 22.9 Å². The highest BCUT2D eigenvalue weighted by Gasteiger charge is 2.16. The van der Waals surface area contributed by atoms with Crippen molar-refractivity contribution in [3.63, 3.8) is 0 Å². The molecule has 0 fully saturated rings. The van der Waals surface area contributed by atoms with Crippen molar-refractivity contribution in [2.45, 2.75) is 46.6 Å². The van der Waals surface area contributed by atoms with E-state index in [4.69, 9.17) is 0 Å². The van der Waals surface area contributed by atoms with Crippen LogP contribution in [0.5, 0.6) is 0 Å². The van der Waals surface area contributed by atoms with Crippen LogP contribution in [0.25, 0.3) is 10.8 Å². The number of carbonyl (C=O) groups excluding carboxylic acids is 1. The molecule has 0 saturated heterocycles. The fraction of sp³-hybridized carbons (Fsp3) is 0.444. The lowest BCUT2D eigenvalue weighted by Crippen LogP contribution is -2.33. The number of amides is 1. The maximum absolute atomic E-state index is 12.5. The molecule has 1 aromatic carbocycles. The van der Waals surface area contributed by atoms with Crippen LogP contribution in [0.3, 0.4) is 0 Å². The van der Waals surface area contributed by atoms with E-state index in [2.05, 4.69) is 31.1 Å². The highest BCUT2D eigenvalue weighted by Crippen LogP contribution is 2.21. The third-order valence-electron chi connectivity index (χ3n) is 3.76. The zero-order valence-electron chi connectivity index (χ0n) is 13.7. The molecule has 4 heteroatoms. The van der Waals surface area contributed by atoms with Gasteiger partial charge >= 0.3 is 0 Å². The van der Waals surface area contributed by atoms with Crippen LogP contribution in [0, 0.1) is 5.41 Å². The third kappa shape index (κ3) is 3.97. The van der Waals surface area contributed by atoms with Gasteiger partial charge in [-0.1, -0.05) is 39.0 Å². The molecule has 2 rings (SSSR count). The number of carbonyl (C=O) groups is 1. The summed E-state index contributed by atoms with van der Waals surface area (Å²) in [5.74, 6) is -0.145. The number of pyridine rings is 1. The number of hydrogen-bond acceptors (Lipinski definition) is 2. The van der Waals surface area contributed by atoms with E-state index in [1.807, 2.05) is 13.0 Å². The number of H-pyrrole nitrogens is 1. The van der Waals surface area contributed by atoms with Gasteiger partial charge in [0.25, 0.3) is 11.5 Å². The van der Waals surface area contributed by atoms with Crippen LogP contribution >= 0.6 is 0 Å². The first-order valence-corrected chi connectivity index (χ1v) is 7.69. The van der Waals surface area contributed by atoms with Crippen molar-refractivity contribution >= 4 is 16.7 Å². The summed E-state index contributed by atoms with van der Waals surface area (Å²) in [7, 11) is 0. The van der Waals surface area contributed by atoms with Crippen LogP contribution in [0.4, 0.5) is 0 Å². The summed E-state index contributed by atoms with van der Waals surface area (Å²) in [5.41, 5.74) is 0.592. The van der Waals surface area contributed by atoms with Gasteiger partial charge in [0.2, 0.25) is 0 Å². The van der Waals surface area contributed by atoms with Gasteiger partial charge < -0.3 is 10.3 Å². The van der Waals surface area contributed by atoms with Gasteiger partial charge in [-0.3, -0.25) is 9.59 Å². The standard InChI is InChI=1S/C18H24N2O2/c1-12(9-10-18(2,3)4)20-17(22)15-11-19-16(21)14-8-6-5-7-13(14)15/h5-8,11-12H,9-10H2,1-4H3,(H,19,21)(H,20,22)/t12-/m1/s1. The van der Waals surface area contributed by atoms with Crippen molar-refractivity contribution in [2.24, 2.45) is 5.41 Å². The average molecular weight is 300 g/mol. The summed E-state index contributed by atoms with van der Waals surface area (Å²) in [6, 6.07) is 7.26. The second-order valence-electron chi connectivity index (χ2n) is 7.05. The van der Waals surface area contributed by atoms with Gasteiger partial charge in [0, 0.05) is 23.0 Å². The molecule has 22 heavy (non-hydrogen) atoms. The van der Waals surface area contributed by atoms with Gasteiger partial charge in [0.15, 0.2) is 0 Å². The zero-order valence-corrected chi connectivity index (χ0v) is 13.7. The molecule has 0 bridgehead atoms. The van der Waals surface area contributed by atoms with Crippen LogP contribution in [-0.4, -0.2) is 16.9 Å². The SMILES string of the molecule is C[C@H](CCC(C)(C)C)NC(=O)c1c[nH]c(=O)c2ccccc12. The summed E-state index contributed by atoms with van der Waals surface area (Å²) >= 11 is 0. The number of aromatic amines is 1. The van der Waals surface area contributed by atoms with Gasteiger partial charge in [-0.25, -0.2) is 0 Å². The predicted octanol–water partition coefficient (Wildman–Crippen LogP) is 3.47. The molecule has 2 aromatic rings. The summed E-state index contributed by atoms with van der Waals surface area (Å²) in [5, 5.41) is 4.25. The van der Waals surface area contributed by atoms with Crippen LogP contribution in [0.2, 0.25) is 0 Å². The van der Waals surface area contributed by atoms with E-state index in [0.717, 1.165) is 12.8 Å². The smallest absolute Gasteiger partial charge is 0.255 e. The predicted molar refractivity (Wildman–Crippen MR) is 90.2 cm³/mol. The molecular weight excluding hydrogens is 276 g/mol. The fourth-order valence-electron chi connectivity index (χ4n) is 2.42. The van der Waals surface area contributed by atoms with Crippen molar-refractivity contribution < 1.29 is 4.79 Å². The lowest BCUT2D eigenvalue weighted by atomic mass is 9.89. The Balaban J connectivity index is 2.17. The normalized spacial score (nSPS) is 13.1. The summed E-state index contributed by atoms with van der Waals surface area (Å²) in [4.78, 5) is 26.9. The zero-order chi connectivity index (χ0) is 16.3. The van der Waals surface area contributed by atoms with E-state index >= 15 is 0 Å². The molecule has 0 aliphatic carbocycles. The summed E-state index contributed by atoms with van der Waals surface area (Å²) < 4.78 is 0. The number of hydrogen-bond donors (Lipinski definition) is 2. The molecule has 118 valence electrons. The maximum atomic E-state index is 12.5.